The molecule has 3 aromatic rings. The number of nitrogens with one attached hydrogen (secondary N) is 4. The van der Waals surface area contributed by atoms with Crippen LogP contribution in [0.1, 0.15) is 52.1 Å². The second-order valence-corrected chi connectivity index (χ2v) is 8.84. The van der Waals surface area contributed by atoms with E-state index in [1.54, 1.807) is 0 Å². The number of alkyl carbamates (subject to hydrolysis) is 1. The first-order chi connectivity index (χ1) is 17.9. The first kappa shape index (κ1) is 25.8. The van der Waals surface area contributed by atoms with Gasteiger partial charge in [-0.15, -0.1) is 0 Å². The van der Waals surface area contributed by atoms with Crippen molar-refractivity contribution in [2.24, 2.45) is 5.92 Å². The lowest BCUT2D eigenvalue weighted by Gasteiger charge is -2.29. The maximum absolute atomic E-state index is 13.9. The number of rotatable bonds is 8. The maximum atomic E-state index is 13.9. The number of hydrogen-bond donors (Lipinski definition) is 4. The van der Waals surface area contributed by atoms with Crippen LogP contribution in [0.15, 0.2) is 54.7 Å². The lowest BCUT2D eigenvalue weighted by atomic mass is 9.86. The minimum atomic E-state index is -1.03. The largest absolute Gasteiger partial charge is 0.445 e. The Bertz CT molecular complexity index is 1220. The first-order valence-corrected chi connectivity index (χ1v) is 11.9. The van der Waals surface area contributed by atoms with Crippen molar-refractivity contribution in [3.8, 4) is 0 Å². The second kappa shape index (κ2) is 12.1. The Balaban J connectivity index is 1.21. The van der Waals surface area contributed by atoms with Gasteiger partial charge >= 0.3 is 6.09 Å². The molecule has 0 saturated heterocycles. The molecule has 1 fully saturated rings. The van der Waals surface area contributed by atoms with E-state index in [1.807, 2.05) is 30.3 Å². The Morgan fingerprint density at radius 2 is 1.65 bits per heavy atom. The highest BCUT2D eigenvalue weighted by atomic mass is 19.1. The summed E-state index contributed by atoms with van der Waals surface area (Å²) in [4.78, 5) is 37.1. The Kier molecular flexibility index (Phi) is 8.44. The van der Waals surface area contributed by atoms with Gasteiger partial charge in [0.1, 0.15) is 29.5 Å². The predicted octanol–water partition coefficient (Wildman–Crippen LogP) is 4.16. The minimum absolute atomic E-state index is 0.0112. The lowest BCUT2D eigenvalue weighted by Crippen LogP contribution is -2.40. The van der Waals surface area contributed by atoms with E-state index in [0.717, 1.165) is 36.6 Å². The fourth-order valence-electron chi connectivity index (χ4n) is 4.22. The van der Waals surface area contributed by atoms with E-state index < -0.39 is 35.1 Å². The molecule has 1 aromatic heterocycles. The Hall–Kier alpha value is -4.28. The highest BCUT2D eigenvalue weighted by Gasteiger charge is 2.26. The molecule has 2 aromatic carbocycles. The molecule has 0 aliphatic heterocycles. The van der Waals surface area contributed by atoms with E-state index in [4.69, 9.17) is 4.74 Å². The number of aromatic amines is 1. The van der Waals surface area contributed by atoms with E-state index in [9.17, 15) is 23.2 Å². The number of hydrogen-bond acceptors (Lipinski definition) is 5. The van der Waals surface area contributed by atoms with Crippen molar-refractivity contribution < 1.29 is 27.9 Å². The van der Waals surface area contributed by atoms with Gasteiger partial charge in [-0.3, -0.25) is 14.7 Å². The van der Waals surface area contributed by atoms with Gasteiger partial charge in [0.15, 0.2) is 0 Å². The van der Waals surface area contributed by atoms with Crippen LogP contribution < -0.4 is 16.0 Å². The number of H-pyrrole nitrogens is 1. The molecule has 1 aliphatic carbocycles. The zero-order valence-corrected chi connectivity index (χ0v) is 19.9. The molecular weight excluding hydrogens is 484 g/mol. The van der Waals surface area contributed by atoms with Gasteiger partial charge < -0.3 is 20.7 Å². The number of nitrogens with zero attached hydrogens (tertiary/aromatic N) is 1. The maximum Gasteiger partial charge on any atom is 0.407 e. The number of amides is 3. The van der Waals surface area contributed by atoms with Crippen molar-refractivity contribution in [3.05, 3.63) is 83.2 Å². The Morgan fingerprint density at radius 3 is 2.35 bits per heavy atom. The molecule has 0 spiro atoms. The number of carbonyl (C=O) groups is 3. The summed E-state index contributed by atoms with van der Waals surface area (Å²) in [6.07, 6.45) is 3.72. The third-order valence-electron chi connectivity index (χ3n) is 6.23. The van der Waals surface area contributed by atoms with Crippen molar-refractivity contribution >= 4 is 23.6 Å². The molecule has 4 rings (SSSR count). The summed E-state index contributed by atoms with van der Waals surface area (Å²) < 4.78 is 33.0. The minimum Gasteiger partial charge on any atom is -0.445 e. The van der Waals surface area contributed by atoms with Gasteiger partial charge in [-0.05, 0) is 49.3 Å². The third-order valence-corrected chi connectivity index (χ3v) is 6.23. The van der Waals surface area contributed by atoms with Crippen LogP contribution >= 0.6 is 0 Å². The molecule has 0 radical (unpaired) electrons. The monoisotopic (exact) mass is 511 g/mol. The van der Waals surface area contributed by atoms with Crippen LogP contribution in [0, 0.1) is 17.6 Å². The van der Waals surface area contributed by atoms with Crippen LogP contribution in [-0.2, 0) is 11.3 Å². The molecule has 0 unspecified atom stereocenters. The molecule has 1 saturated carbocycles. The van der Waals surface area contributed by atoms with E-state index in [1.165, 1.54) is 6.20 Å². The number of anilines is 1. The molecule has 1 heterocycles. The van der Waals surface area contributed by atoms with Crippen molar-refractivity contribution in [3.63, 3.8) is 0 Å². The van der Waals surface area contributed by atoms with E-state index >= 15 is 0 Å². The lowest BCUT2D eigenvalue weighted by molar-refractivity contribution is 0.0917. The molecular formula is C26H27F2N5O4. The normalized spacial score (nSPS) is 17.0. The summed E-state index contributed by atoms with van der Waals surface area (Å²) in [5, 5.41) is 14.3. The number of halogens is 2. The van der Waals surface area contributed by atoms with Crippen LogP contribution in [-0.4, -0.2) is 40.7 Å². The first-order valence-electron chi connectivity index (χ1n) is 11.9. The van der Waals surface area contributed by atoms with Crippen LogP contribution in [0.5, 0.6) is 0 Å². The second-order valence-electron chi connectivity index (χ2n) is 8.84. The molecule has 4 N–H and O–H groups in total. The molecule has 11 heteroatoms. The van der Waals surface area contributed by atoms with E-state index in [0.29, 0.717) is 19.4 Å². The smallest absolute Gasteiger partial charge is 0.407 e. The number of carbonyl (C=O) groups excluding carboxylic acids is 3. The topological polar surface area (TPSA) is 125 Å². The van der Waals surface area contributed by atoms with Gasteiger partial charge in [-0.1, -0.05) is 36.4 Å². The van der Waals surface area contributed by atoms with Crippen molar-refractivity contribution in [2.45, 2.75) is 38.3 Å². The van der Waals surface area contributed by atoms with Crippen molar-refractivity contribution in [2.75, 3.05) is 11.9 Å². The number of ether oxygens (including phenoxy) is 1. The average Bonchev–Trinajstić information content (AvgIpc) is 3.36. The van der Waals surface area contributed by atoms with E-state index in [2.05, 4.69) is 26.1 Å². The zero-order chi connectivity index (χ0) is 26.2. The van der Waals surface area contributed by atoms with Crippen LogP contribution in [0.3, 0.4) is 0 Å². The highest BCUT2D eigenvalue weighted by Crippen LogP contribution is 2.25. The van der Waals surface area contributed by atoms with Gasteiger partial charge in [0.05, 0.1) is 11.9 Å². The molecule has 37 heavy (non-hydrogen) atoms. The summed E-state index contributed by atoms with van der Waals surface area (Å²) in [5.41, 5.74) is 0.159. The average molecular weight is 512 g/mol. The fraction of sp³-hybridized carbons (Fsp3) is 0.308. The summed E-state index contributed by atoms with van der Waals surface area (Å²) in [6.45, 7) is 0.689. The summed E-state index contributed by atoms with van der Waals surface area (Å²) >= 11 is 0. The Labute approximate surface area is 212 Å². The highest BCUT2D eigenvalue weighted by molar-refractivity contribution is 6.08. The van der Waals surface area contributed by atoms with Crippen molar-refractivity contribution in [1.29, 1.82) is 0 Å². The fourth-order valence-corrected chi connectivity index (χ4v) is 4.22. The van der Waals surface area contributed by atoms with Crippen LogP contribution in [0.25, 0.3) is 0 Å². The molecule has 1 aliphatic rings. The van der Waals surface area contributed by atoms with Gasteiger partial charge in [0.25, 0.3) is 11.8 Å². The standard InChI is InChI=1S/C26H27F2N5O4/c27-19-7-4-8-20(28)22(19)24(34)32-21-14-30-33-23(21)25(35)31-18-11-9-16(10-12-18)13-29-26(36)37-15-17-5-2-1-3-6-17/h1-8,14,16,18H,9-13,15H2,(H,29,36)(H,30,33)(H,31,35)(H,32,34). The quantitative estimate of drug-likeness (QED) is 0.362. The third kappa shape index (κ3) is 6.90. The summed E-state index contributed by atoms with van der Waals surface area (Å²) in [7, 11) is 0. The van der Waals surface area contributed by atoms with Gasteiger partial charge in [-0.2, -0.15) is 5.10 Å². The summed E-state index contributed by atoms with van der Waals surface area (Å²) in [5.74, 6) is -3.28. The Morgan fingerprint density at radius 1 is 0.946 bits per heavy atom. The van der Waals surface area contributed by atoms with Crippen LogP contribution in [0.4, 0.5) is 19.3 Å². The van der Waals surface area contributed by atoms with Gasteiger partial charge in [0.2, 0.25) is 0 Å². The molecule has 9 nitrogen and oxygen atoms in total. The van der Waals surface area contributed by atoms with E-state index in [-0.39, 0.29) is 29.9 Å². The number of benzene rings is 2. The zero-order valence-electron chi connectivity index (χ0n) is 19.9. The molecule has 194 valence electrons. The van der Waals surface area contributed by atoms with Gasteiger partial charge in [0, 0.05) is 12.6 Å². The molecule has 0 atom stereocenters. The van der Waals surface area contributed by atoms with Gasteiger partial charge in [-0.25, -0.2) is 13.6 Å². The van der Waals surface area contributed by atoms with Crippen LogP contribution in [0.2, 0.25) is 0 Å². The van der Waals surface area contributed by atoms with Crippen molar-refractivity contribution in [1.82, 2.24) is 20.8 Å². The predicted molar refractivity (Wildman–Crippen MR) is 131 cm³/mol. The SMILES string of the molecule is O=C(NCC1CCC(NC(=O)c2[nH]ncc2NC(=O)c2c(F)cccc2F)CC1)OCc1ccccc1. The molecule has 0 bridgehead atoms. The summed E-state index contributed by atoms with van der Waals surface area (Å²) in [6, 6.07) is 12.4. The number of aromatic nitrogens is 2. The molecule has 3 amide bonds.